The smallest absolute Gasteiger partial charge is 0.134 e. The van der Waals surface area contributed by atoms with Crippen LogP contribution in [-0.4, -0.2) is 0 Å². The largest absolute Gasteiger partial charge is 0.488 e. The van der Waals surface area contributed by atoms with Gasteiger partial charge in [-0.2, -0.15) is 0 Å². The van der Waals surface area contributed by atoms with Gasteiger partial charge in [-0.25, -0.2) is 4.39 Å². The highest BCUT2D eigenvalue weighted by Gasteiger charge is 2.04. The third-order valence-corrected chi connectivity index (χ3v) is 4.75. The van der Waals surface area contributed by atoms with Crippen LogP contribution in [0, 0.1) is 5.82 Å². The Bertz CT molecular complexity index is 857. The van der Waals surface area contributed by atoms with Gasteiger partial charge in [0, 0.05) is 18.1 Å². The van der Waals surface area contributed by atoms with E-state index in [0.717, 1.165) is 26.9 Å². The fourth-order valence-electron chi connectivity index (χ4n) is 2.47. The highest BCUT2D eigenvalue weighted by molar-refractivity contribution is 9.10. The lowest BCUT2D eigenvalue weighted by atomic mass is 10.2. The van der Waals surface area contributed by atoms with E-state index in [9.17, 15) is 4.39 Å². The van der Waals surface area contributed by atoms with E-state index in [0.29, 0.717) is 24.7 Å². The first kappa shape index (κ1) is 21.7. The summed E-state index contributed by atoms with van der Waals surface area (Å²) in [6, 6.07) is 20.1. The summed E-state index contributed by atoms with van der Waals surface area (Å²) in [5.41, 5.74) is 3.25. The van der Waals surface area contributed by atoms with E-state index in [4.69, 9.17) is 16.3 Å². The first-order valence-corrected chi connectivity index (χ1v) is 9.38. The predicted molar refractivity (Wildman–Crippen MR) is 114 cm³/mol. The molecule has 6 heteroatoms. The van der Waals surface area contributed by atoms with Crippen molar-refractivity contribution >= 4 is 39.9 Å². The zero-order valence-corrected chi connectivity index (χ0v) is 17.6. The summed E-state index contributed by atoms with van der Waals surface area (Å²) >= 11 is 9.45. The van der Waals surface area contributed by atoms with Crippen LogP contribution in [0.5, 0.6) is 5.75 Å². The van der Waals surface area contributed by atoms with Gasteiger partial charge >= 0.3 is 0 Å². The van der Waals surface area contributed by atoms with Crippen LogP contribution >= 0.6 is 39.9 Å². The molecule has 0 aliphatic heterocycles. The summed E-state index contributed by atoms with van der Waals surface area (Å²) in [7, 11) is 0. The van der Waals surface area contributed by atoms with E-state index >= 15 is 0 Å². The van der Waals surface area contributed by atoms with E-state index in [1.165, 1.54) is 12.1 Å². The maximum absolute atomic E-state index is 12.9. The normalized spacial score (nSPS) is 10.3. The Kier molecular flexibility index (Phi) is 8.58. The second-order valence-corrected chi connectivity index (χ2v) is 7.20. The van der Waals surface area contributed by atoms with E-state index in [1.807, 2.05) is 42.5 Å². The zero-order valence-electron chi connectivity index (χ0n) is 14.4. The second kappa shape index (κ2) is 10.7. The summed E-state index contributed by atoms with van der Waals surface area (Å²) in [6.07, 6.45) is 0. The lowest BCUT2D eigenvalue weighted by Gasteiger charge is -2.11. The van der Waals surface area contributed by atoms with Gasteiger partial charge in [-0.15, -0.1) is 12.4 Å². The van der Waals surface area contributed by atoms with E-state index < -0.39 is 0 Å². The third kappa shape index (κ3) is 6.82. The van der Waals surface area contributed by atoms with Crippen LogP contribution in [0.1, 0.15) is 16.7 Å². The van der Waals surface area contributed by atoms with Gasteiger partial charge in [-0.1, -0.05) is 41.9 Å². The standard InChI is InChI=1S/C21H18BrClFNO.ClH/c22-20-11-17(13-25-12-15-3-8-19(24)9-4-15)5-10-21(20)26-14-16-1-6-18(23)7-2-16;/h1-11,25H,12-14H2;1H. The van der Waals surface area contributed by atoms with Crippen molar-refractivity contribution in [2.24, 2.45) is 0 Å². The first-order valence-electron chi connectivity index (χ1n) is 8.21. The Hall–Kier alpha value is -1.59. The predicted octanol–water partition coefficient (Wildman–Crippen LogP) is 6.53. The third-order valence-electron chi connectivity index (χ3n) is 3.88. The lowest BCUT2D eigenvalue weighted by Crippen LogP contribution is -2.12. The average molecular weight is 471 g/mol. The molecule has 0 saturated heterocycles. The van der Waals surface area contributed by atoms with Crippen molar-refractivity contribution in [2.45, 2.75) is 19.7 Å². The number of halogens is 4. The molecule has 0 fully saturated rings. The molecule has 0 bridgehead atoms. The summed E-state index contributed by atoms with van der Waals surface area (Å²) in [5, 5.41) is 4.07. The molecular weight excluding hydrogens is 452 g/mol. The molecule has 27 heavy (non-hydrogen) atoms. The molecule has 142 valence electrons. The van der Waals surface area contributed by atoms with Crippen LogP contribution < -0.4 is 10.1 Å². The molecule has 0 heterocycles. The van der Waals surface area contributed by atoms with Crippen LogP contribution in [0.25, 0.3) is 0 Å². The van der Waals surface area contributed by atoms with Gasteiger partial charge in [0.25, 0.3) is 0 Å². The van der Waals surface area contributed by atoms with Crippen LogP contribution in [0.3, 0.4) is 0 Å². The quantitative estimate of drug-likeness (QED) is 0.423. The van der Waals surface area contributed by atoms with Gasteiger partial charge in [-0.3, -0.25) is 0 Å². The lowest BCUT2D eigenvalue weighted by molar-refractivity contribution is 0.304. The van der Waals surface area contributed by atoms with Crippen molar-refractivity contribution in [3.8, 4) is 5.75 Å². The minimum Gasteiger partial charge on any atom is -0.488 e. The van der Waals surface area contributed by atoms with E-state index in [-0.39, 0.29) is 18.2 Å². The van der Waals surface area contributed by atoms with Crippen LogP contribution in [0.2, 0.25) is 5.02 Å². The molecule has 0 spiro atoms. The molecule has 0 saturated carbocycles. The van der Waals surface area contributed by atoms with Gasteiger partial charge < -0.3 is 10.1 Å². The molecule has 3 aromatic carbocycles. The molecule has 0 aliphatic carbocycles. The number of ether oxygens (including phenoxy) is 1. The topological polar surface area (TPSA) is 21.3 Å². The van der Waals surface area contributed by atoms with Crippen molar-refractivity contribution in [2.75, 3.05) is 0 Å². The van der Waals surface area contributed by atoms with Gasteiger partial charge in [0.1, 0.15) is 18.2 Å². The number of hydrogen-bond donors (Lipinski definition) is 1. The van der Waals surface area contributed by atoms with Crippen LogP contribution in [0.15, 0.2) is 71.2 Å². The maximum Gasteiger partial charge on any atom is 0.134 e. The Morgan fingerprint density at radius 1 is 0.852 bits per heavy atom. The summed E-state index contributed by atoms with van der Waals surface area (Å²) in [6.45, 7) is 1.89. The molecule has 0 unspecified atom stereocenters. The Balaban J connectivity index is 0.00000261. The highest BCUT2D eigenvalue weighted by Crippen LogP contribution is 2.27. The SMILES string of the molecule is Cl.Fc1ccc(CNCc2ccc(OCc3ccc(Cl)cc3)c(Br)c2)cc1. The Morgan fingerprint density at radius 3 is 2.11 bits per heavy atom. The highest BCUT2D eigenvalue weighted by atomic mass is 79.9. The first-order chi connectivity index (χ1) is 12.6. The summed E-state index contributed by atoms with van der Waals surface area (Å²) in [4.78, 5) is 0. The zero-order chi connectivity index (χ0) is 18.4. The second-order valence-electron chi connectivity index (χ2n) is 5.91. The van der Waals surface area contributed by atoms with Gasteiger partial charge in [0.15, 0.2) is 0 Å². The molecule has 3 aromatic rings. The van der Waals surface area contributed by atoms with Gasteiger partial charge in [0.05, 0.1) is 4.47 Å². The number of benzene rings is 3. The van der Waals surface area contributed by atoms with Gasteiger partial charge in [-0.05, 0) is 69.0 Å². The molecule has 0 amide bonds. The van der Waals surface area contributed by atoms with E-state index in [2.05, 4.69) is 21.2 Å². The minimum absolute atomic E-state index is 0. The van der Waals surface area contributed by atoms with Crippen molar-refractivity contribution < 1.29 is 9.13 Å². The number of nitrogens with one attached hydrogen (secondary N) is 1. The van der Waals surface area contributed by atoms with Crippen LogP contribution in [0.4, 0.5) is 4.39 Å². The van der Waals surface area contributed by atoms with E-state index in [1.54, 1.807) is 12.1 Å². The Labute approximate surface area is 178 Å². The summed E-state index contributed by atoms with van der Waals surface area (Å²) in [5.74, 6) is 0.578. The molecular formula is C21H19BrCl2FNO. The molecule has 0 atom stereocenters. The van der Waals surface area contributed by atoms with Gasteiger partial charge in [0.2, 0.25) is 0 Å². The molecule has 2 nitrogen and oxygen atoms in total. The minimum atomic E-state index is -0.216. The number of hydrogen-bond acceptors (Lipinski definition) is 2. The summed E-state index contributed by atoms with van der Waals surface area (Å²) < 4.78 is 19.7. The van der Waals surface area contributed by atoms with Crippen molar-refractivity contribution in [3.63, 3.8) is 0 Å². The molecule has 3 rings (SSSR count). The fraction of sp³-hybridized carbons (Fsp3) is 0.143. The Morgan fingerprint density at radius 2 is 1.44 bits per heavy atom. The molecule has 0 radical (unpaired) electrons. The van der Waals surface area contributed by atoms with Crippen molar-refractivity contribution in [3.05, 3.63) is 98.7 Å². The van der Waals surface area contributed by atoms with Crippen LogP contribution in [-0.2, 0) is 19.7 Å². The maximum atomic E-state index is 12.9. The molecule has 0 aromatic heterocycles. The number of rotatable bonds is 7. The van der Waals surface area contributed by atoms with Crippen molar-refractivity contribution in [1.29, 1.82) is 0 Å². The molecule has 0 aliphatic rings. The fourth-order valence-corrected chi connectivity index (χ4v) is 3.13. The molecule has 1 N–H and O–H groups in total. The average Bonchev–Trinajstić information content (AvgIpc) is 2.64. The monoisotopic (exact) mass is 469 g/mol. The van der Waals surface area contributed by atoms with Crippen molar-refractivity contribution in [1.82, 2.24) is 5.32 Å².